The summed E-state index contributed by atoms with van der Waals surface area (Å²) in [6, 6.07) is 0.309. The summed E-state index contributed by atoms with van der Waals surface area (Å²) < 4.78 is 1.97. The van der Waals surface area contributed by atoms with Gasteiger partial charge in [-0.3, -0.25) is 9.67 Å². The lowest BCUT2D eigenvalue weighted by molar-refractivity contribution is 0.227. The molecule has 0 aliphatic heterocycles. The third-order valence-electron chi connectivity index (χ3n) is 6.00. The van der Waals surface area contributed by atoms with Gasteiger partial charge in [0.05, 0.1) is 5.69 Å². The minimum absolute atomic E-state index is 0.276. The third-order valence-corrected chi connectivity index (χ3v) is 6.00. The summed E-state index contributed by atoms with van der Waals surface area (Å²) in [7, 11) is 2.01. The predicted octanol–water partition coefficient (Wildman–Crippen LogP) is 3.74. The molecule has 1 fully saturated rings. The van der Waals surface area contributed by atoms with Gasteiger partial charge in [-0.05, 0) is 63.9 Å². The highest BCUT2D eigenvalue weighted by Crippen LogP contribution is 2.39. The number of hydrogen-bond donors (Lipinski definition) is 2. The van der Waals surface area contributed by atoms with Crippen LogP contribution in [0, 0.1) is 25.2 Å². The molecule has 1 unspecified atom stereocenters. The molecule has 0 saturated heterocycles. The Labute approximate surface area is 160 Å². The van der Waals surface area contributed by atoms with Crippen LogP contribution in [-0.4, -0.2) is 34.9 Å². The van der Waals surface area contributed by atoms with E-state index in [-0.39, 0.29) is 5.41 Å². The largest absolute Gasteiger partial charge is 0.357 e. The molecule has 1 atom stereocenters. The van der Waals surface area contributed by atoms with Crippen LogP contribution >= 0.6 is 0 Å². The SMILES string of the molecule is CCNC(=NCC(C)(C)C1CCCC1)NC(C)Cc1c(C)nn(C)c1C. The van der Waals surface area contributed by atoms with Gasteiger partial charge in [-0.25, -0.2) is 0 Å². The summed E-state index contributed by atoms with van der Waals surface area (Å²) in [6.45, 7) is 15.1. The standard InChI is InChI=1S/C21H39N5/c1-8-22-20(23-14-21(5,6)18-11-9-10-12-18)24-15(2)13-19-16(3)25-26(7)17(19)4/h15,18H,8-14H2,1-7H3,(H2,22,23,24). The van der Waals surface area contributed by atoms with Crippen molar-refractivity contribution in [3.8, 4) is 0 Å². The Balaban J connectivity index is 1.99. The van der Waals surface area contributed by atoms with E-state index in [1.807, 2.05) is 11.7 Å². The van der Waals surface area contributed by atoms with Crippen LogP contribution in [0.15, 0.2) is 4.99 Å². The monoisotopic (exact) mass is 361 g/mol. The van der Waals surface area contributed by atoms with Crippen LogP contribution in [0.5, 0.6) is 0 Å². The molecule has 0 aromatic carbocycles. The second-order valence-electron chi connectivity index (χ2n) is 8.69. The van der Waals surface area contributed by atoms with Crippen molar-refractivity contribution in [2.75, 3.05) is 13.1 Å². The first-order chi connectivity index (χ1) is 12.2. The zero-order valence-corrected chi connectivity index (χ0v) is 17.9. The molecule has 148 valence electrons. The van der Waals surface area contributed by atoms with Gasteiger partial charge < -0.3 is 10.6 Å². The Hall–Kier alpha value is -1.52. The van der Waals surface area contributed by atoms with E-state index in [2.05, 4.69) is 57.3 Å². The maximum atomic E-state index is 4.93. The number of hydrogen-bond acceptors (Lipinski definition) is 2. The zero-order valence-electron chi connectivity index (χ0n) is 17.9. The molecule has 1 aliphatic rings. The third kappa shape index (κ3) is 5.24. The molecule has 5 heteroatoms. The average molecular weight is 362 g/mol. The summed E-state index contributed by atoms with van der Waals surface area (Å²) in [6.07, 6.45) is 6.46. The van der Waals surface area contributed by atoms with Crippen LogP contribution in [0.25, 0.3) is 0 Å². The molecular formula is C21H39N5. The van der Waals surface area contributed by atoms with Gasteiger partial charge >= 0.3 is 0 Å². The van der Waals surface area contributed by atoms with Gasteiger partial charge in [-0.15, -0.1) is 0 Å². The molecule has 0 amide bonds. The number of nitrogens with one attached hydrogen (secondary N) is 2. The van der Waals surface area contributed by atoms with Crippen LogP contribution in [0.4, 0.5) is 0 Å². The smallest absolute Gasteiger partial charge is 0.191 e. The van der Waals surface area contributed by atoms with Gasteiger partial charge in [-0.1, -0.05) is 26.7 Å². The summed E-state index contributed by atoms with van der Waals surface area (Å²) >= 11 is 0. The first-order valence-corrected chi connectivity index (χ1v) is 10.3. The van der Waals surface area contributed by atoms with E-state index >= 15 is 0 Å². The summed E-state index contributed by atoms with van der Waals surface area (Å²) in [5, 5.41) is 11.5. The number of nitrogens with zero attached hydrogens (tertiary/aromatic N) is 3. The van der Waals surface area contributed by atoms with Crippen LogP contribution < -0.4 is 10.6 Å². The Bertz CT molecular complexity index is 608. The number of rotatable bonds is 7. The van der Waals surface area contributed by atoms with Crippen molar-refractivity contribution < 1.29 is 0 Å². The van der Waals surface area contributed by atoms with Gasteiger partial charge in [0.1, 0.15) is 0 Å². The molecule has 1 aromatic rings. The molecule has 5 nitrogen and oxygen atoms in total. The fraction of sp³-hybridized carbons (Fsp3) is 0.810. The molecule has 1 heterocycles. The fourth-order valence-corrected chi connectivity index (χ4v) is 4.14. The first kappa shape index (κ1) is 20.8. The van der Waals surface area contributed by atoms with E-state index in [1.54, 1.807) is 0 Å². The highest BCUT2D eigenvalue weighted by Gasteiger charge is 2.31. The van der Waals surface area contributed by atoms with Gasteiger partial charge in [0, 0.05) is 31.9 Å². The Morgan fingerprint density at radius 1 is 1.31 bits per heavy atom. The van der Waals surface area contributed by atoms with Crippen molar-refractivity contribution in [2.45, 2.75) is 79.7 Å². The van der Waals surface area contributed by atoms with Crippen molar-refractivity contribution in [1.29, 1.82) is 0 Å². The van der Waals surface area contributed by atoms with Crippen LogP contribution in [-0.2, 0) is 13.5 Å². The fourth-order valence-electron chi connectivity index (χ4n) is 4.14. The average Bonchev–Trinajstić information content (AvgIpc) is 3.19. The molecule has 0 spiro atoms. The maximum Gasteiger partial charge on any atom is 0.191 e. The summed E-state index contributed by atoms with van der Waals surface area (Å²) in [5.74, 6) is 1.75. The highest BCUT2D eigenvalue weighted by atomic mass is 15.3. The van der Waals surface area contributed by atoms with Crippen molar-refractivity contribution >= 4 is 5.96 Å². The molecule has 0 bridgehead atoms. The minimum Gasteiger partial charge on any atom is -0.357 e. The number of guanidine groups is 1. The van der Waals surface area contributed by atoms with Crippen molar-refractivity contribution in [3.05, 3.63) is 17.0 Å². The summed E-state index contributed by atoms with van der Waals surface area (Å²) in [5.41, 5.74) is 4.00. The molecule has 26 heavy (non-hydrogen) atoms. The lowest BCUT2D eigenvalue weighted by atomic mass is 9.78. The van der Waals surface area contributed by atoms with Gasteiger partial charge in [-0.2, -0.15) is 5.10 Å². The van der Waals surface area contributed by atoms with Crippen molar-refractivity contribution in [1.82, 2.24) is 20.4 Å². The lowest BCUT2D eigenvalue weighted by Gasteiger charge is -2.30. The van der Waals surface area contributed by atoms with Crippen LogP contribution in [0.3, 0.4) is 0 Å². The van der Waals surface area contributed by atoms with E-state index < -0.39 is 0 Å². The molecule has 2 rings (SSSR count). The normalized spacial score (nSPS) is 17.6. The van der Waals surface area contributed by atoms with E-state index in [9.17, 15) is 0 Å². The molecule has 1 aliphatic carbocycles. The molecule has 1 saturated carbocycles. The molecule has 1 aromatic heterocycles. The zero-order chi connectivity index (χ0) is 19.3. The highest BCUT2D eigenvalue weighted by molar-refractivity contribution is 5.80. The van der Waals surface area contributed by atoms with Crippen molar-refractivity contribution in [2.24, 2.45) is 23.4 Å². The minimum atomic E-state index is 0.276. The van der Waals surface area contributed by atoms with Crippen molar-refractivity contribution in [3.63, 3.8) is 0 Å². The quantitative estimate of drug-likeness (QED) is 0.574. The van der Waals surface area contributed by atoms with E-state index in [4.69, 9.17) is 4.99 Å². The summed E-state index contributed by atoms with van der Waals surface area (Å²) in [4.78, 5) is 4.93. The van der Waals surface area contributed by atoms with E-state index in [0.29, 0.717) is 6.04 Å². The number of aryl methyl sites for hydroxylation is 2. The maximum absolute atomic E-state index is 4.93. The molecule has 2 N–H and O–H groups in total. The Morgan fingerprint density at radius 2 is 1.96 bits per heavy atom. The van der Waals surface area contributed by atoms with E-state index in [1.165, 1.54) is 36.9 Å². The second-order valence-corrected chi connectivity index (χ2v) is 8.69. The predicted molar refractivity (Wildman–Crippen MR) is 111 cm³/mol. The van der Waals surface area contributed by atoms with Gasteiger partial charge in [0.25, 0.3) is 0 Å². The lowest BCUT2D eigenvalue weighted by Crippen LogP contribution is -2.44. The van der Waals surface area contributed by atoms with Crippen LogP contribution in [0.2, 0.25) is 0 Å². The van der Waals surface area contributed by atoms with Gasteiger partial charge in [0.2, 0.25) is 0 Å². The van der Waals surface area contributed by atoms with E-state index in [0.717, 1.165) is 37.1 Å². The molecule has 0 radical (unpaired) electrons. The Kier molecular flexibility index (Phi) is 7.13. The topological polar surface area (TPSA) is 54.2 Å². The second kappa shape index (κ2) is 8.92. The molecular weight excluding hydrogens is 322 g/mol. The van der Waals surface area contributed by atoms with Crippen LogP contribution in [0.1, 0.15) is 70.3 Å². The van der Waals surface area contributed by atoms with Gasteiger partial charge in [0.15, 0.2) is 5.96 Å². The number of aromatic nitrogens is 2. The first-order valence-electron chi connectivity index (χ1n) is 10.3. The Morgan fingerprint density at radius 3 is 2.50 bits per heavy atom. The number of aliphatic imine (C=N–C) groups is 1.